The van der Waals surface area contributed by atoms with Gasteiger partial charge in [0, 0.05) is 24.8 Å². The van der Waals surface area contributed by atoms with Gasteiger partial charge in [-0.05, 0) is 49.2 Å². The van der Waals surface area contributed by atoms with Crippen molar-refractivity contribution in [3.8, 4) is 11.5 Å². The Morgan fingerprint density at radius 1 is 1.05 bits per heavy atom. The van der Waals surface area contributed by atoms with Crippen LogP contribution < -0.4 is 15.0 Å². The van der Waals surface area contributed by atoms with E-state index >= 15 is 0 Å². The second kappa shape index (κ2) is 6.60. The number of anilines is 2. The second-order valence-electron chi connectivity index (χ2n) is 5.60. The van der Waals surface area contributed by atoms with Crippen LogP contribution in [0.1, 0.15) is 12.8 Å². The van der Waals surface area contributed by atoms with E-state index in [1.165, 1.54) is 0 Å². The monoisotopic (exact) mass is 297 g/mol. The molecule has 1 fully saturated rings. The number of hydrogen-bond acceptors (Lipinski definition) is 3. The average Bonchev–Trinajstić information content (AvgIpc) is 2.57. The van der Waals surface area contributed by atoms with Crippen LogP contribution in [0.3, 0.4) is 0 Å². The highest BCUT2D eigenvalue weighted by Crippen LogP contribution is 2.27. The Morgan fingerprint density at radius 3 is 2.41 bits per heavy atom. The van der Waals surface area contributed by atoms with Crippen molar-refractivity contribution < 1.29 is 9.84 Å². The molecule has 4 nitrogen and oxygen atoms in total. The first-order valence-electron chi connectivity index (χ1n) is 7.68. The van der Waals surface area contributed by atoms with Crippen molar-refractivity contribution in [1.29, 1.82) is 0 Å². The molecule has 3 rings (SSSR count). The van der Waals surface area contributed by atoms with Gasteiger partial charge in [0.2, 0.25) is 0 Å². The van der Waals surface area contributed by atoms with Gasteiger partial charge in [-0.2, -0.15) is 0 Å². The number of benzene rings is 2. The van der Waals surface area contributed by atoms with E-state index in [-0.39, 0.29) is 5.75 Å². The molecule has 0 saturated carbocycles. The zero-order valence-corrected chi connectivity index (χ0v) is 12.8. The summed E-state index contributed by atoms with van der Waals surface area (Å²) in [6, 6.07) is 15.6. The van der Waals surface area contributed by atoms with Crippen molar-refractivity contribution in [1.82, 2.24) is 0 Å². The first kappa shape index (κ1) is 14.6. The van der Waals surface area contributed by atoms with Gasteiger partial charge in [-0.3, -0.25) is 5.11 Å². The van der Waals surface area contributed by atoms with Crippen LogP contribution in [0.2, 0.25) is 0 Å². The van der Waals surface area contributed by atoms with Gasteiger partial charge in [0.25, 0.3) is 0 Å². The summed E-state index contributed by atoms with van der Waals surface area (Å²) >= 11 is 0. The number of para-hydroxylation sites is 2. The standard InChI is InChI=1S/C18H21N2O2/c1-22-18-5-3-2-4-17(18)19-14-10-12-20(13-11-14)15-6-8-16(21)9-7-15/h2-9,14,19H,10-13H2,1H3. The molecule has 22 heavy (non-hydrogen) atoms. The third-order valence-electron chi connectivity index (χ3n) is 4.16. The summed E-state index contributed by atoms with van der Waals surface area (Å²) in [4.78, 5) is 2.33. The van der Waals surface area contributed by atoms with Gasteiger partial charge in [-0.1, -0.05) is 12.1 Å². The minimum atomic E-state index is 0.0662. The predicted octanol–water partition coefficient (Wildman–Crippen LogP) is 3.92. The number of methoxy groups -OCH3 is 1. The molecule has 1 N–H and O–H groups in total. The van der Waals surface area contributed by atoms with Crippen molar-refractivity contribution in [3.63, 3.8) is 0 Å². The Morgan fingerprint density at radius 2 is 1.73 bits per heavy atom. The minimum absolute atomic E-state index is 0.0662. The lowest BCUT2D eigenvalue weighted by Crippen LogP contribution is -2.39. The number of rotatable bonds is 4. The molecule has 1 aliphatic heterocycles. The normalized spacial score (nSPS) is 15.6. The highest BCUT2D eigenvalue weighted by atomic mass is 16.5. The predicted molar refractivity (Wildman–Crippen MR) is 88.4 cm³/mol. The summed E-state index contributed by atoms with van der Waals surface area (Å²) in [7, 11) is 1.70. The molecule has 1 aliphatic rings. The Kier molecular flexibility index (Phi) is 4.37. The Labute approximate surface area is 131 Å². The Hall–Kier alpha value is -2.36. The molecule has 4 heteroatoms. The van der Waals surface area contributed by atoms with Gasteiger partial charge < -0.3 is 15.0 Å². The fourth-order valence-electron chi connectivity index (χ4n) is 2.92. The maximum atomic E-state index is 11.2. The molecule has 0 atom stereocenters. The molecule has 1 radical (unpaired) electrons. The number of hydrogen-bond donors (Lipinski definition) is 1. The van der Waals surface area contributed by atoms with E-state index in [0.717, 1.165) is 43.1 Å². The number of piperidine rings is 1. The fraction of sp³-hybridized carbons (Fsp3) is 0.333. The lowest BCUT2D eigenvalue weighted by atomic mass is 10.0. The molecular formula is C18H21N2O2. The summed E-state index contributed by atoms with van der Waals surface area (Å²) < 4.78 is 5.39. The van der Waals surface area contributed by atoms with Gasteiger partial charge in [-0.15, -0.1) is 0 Å². The maximum Gasteiger partial charge on any atom is 0.178 e. The molecule has 0 unspecified atom stereocenters. The van der Waals surface area contributed by atoms with E-state index in [1.807, 2.05) is 30.3 Å². The van der Waals surface area contributed by atoms with Crippen LogP contribution in [0.5, 0.6) is 11.5 Å². The lowest BCUT2D eigenvalue weighted by molar-refractivity contribution is 0.355. The second-order valence-corrected chi connectivity index (χ2v) is 5.60. The summed E-state index contributed by atoms with van der Waals surface area (Å²) in [5.74, 6) is 0.951. The SMILES string of the molecule is COc1ccccc1NC1CCN(c2ccc([O])cc2)CC1. The van der Waals surface area contributed by atoms with Gasteiger partial charge in [0.15, 0.2) is 5.75 Å². The Balaban J connectivity index is 1.59. The van der Waals surface area contributed by atoms with Crippen molar-refractivity contribution >= 4 is 11.4 Å². The van der Waals surface area contributed by atoms with Crippen LogP contribution in [0.25, 0.3) is 0 Å². The molecule has 1 saturated heterocycles. The summed E-state index contributed by atoms with van der Waals surface area (Å²) in [6.07, 6.45) is 2.13. The van der Waals surface area contributed by atoms with E-state index in [0.29, 0.717) is 6.04 Å². The van der Waals surface area contributed by atoms with Gasteiger partial charge in [0.05, 0.1) is 12.8 Å². The lowest BCUT2D eigenvalue weighted by Gasteiger charge is -2.34. The minimum Gasteiger partial charge on any atom is -0.495 e. The van der Waals surface area contributed by atoms with Crippen molar-refractivity contribution in [2.45, 2.75) is 18.9 Å². The molecule has 0 amide bonds. The fourth-order valence-corrected chi connectivity index (χ4v) is 2.92. The molecule has 2 aromatic rings. The molecule has 0 aliphatic carbocycles. The molecule has 115 valence electrons. The molecule has 0 spiro atoms. The van der Waals surface area contributed by atoms with E-state index < -0.39 is 0 Å². The average molecular weight is 297 g/mol. The van der Waals surface area contributed by atoms with Crippen molar-refractivity contribution in [2.24, 2.45) is 0 Å². The van der Waals surface area contributed by atoms with E-state index in [1.54, 1.807) is 19.2 Å². The molecule has 2 aromatic carbocycles. The van der Waals surface area contributed by atoms with Gasteiger partial charge in [0.1, 0.15) is 5.75 Å². The van der Waals surface area contributed by atoms with Crippen LogP contribution in [0, 0.1) is 0 Å². The highest BCUT2D eigenvalue weighted by molar-refractivity contribution is 5.57. The van der Waals surface area contributed by atoms with Crippen molar-refractivity contribution in [3.05, 3.63) is 48.5 Å². The third-order valence-corrected chi connectivity index (χ3v) is 4.16. The summed E-state index contributed by atoms with van der Waals surface area (Å²) in [5.41, 5.74) is 2.19. The zero-order chi connectivity index (χ0) is 15.4. The van der Waals surface area contributed by atoms with Crippen LogP contribution >= 0.6 is 0 Å². The van der Waals surface area contributed by atoms with E-state index in [9.17, 15) is 5.11 Å². The largest absolute Gasteiger partial charge is 0.495 e. The van der Waals surface area contributed by atoms with Crippen molar-refractivity contribution in [2.75, 3.05) is 30.4 Å². The highest BCUT2D eigenvalue weighted by Gasteiger charge is 2.20. The van der Waals surface area contributed by atoms with Gasteiger partial charge >= 0.3 is 0 Å². The van der Waals surface area contributed by atoms with E-state index in [4.69, 9.17) is 4.74 Å². The quantitative estimate of drug-likeness (QED) is 0.930. The number of nitrogens with one attached hydrogen (secondary N) is 1. The molecule has 1 heterocycles. The number of ether oxygens (including phenoxy) is 1. The van der Waals surface area contributed by atoms with Crippen LogP contribution in [-0.4, -0.2) is 26.2 Å². The molecular weight excluding hydrogens is 276 g/mol. The first-order chi connectivity index (χ1) is 10.8. The van der Waals surface area contributed by atoms with Crippen LogP contribution in [0.4, 0.5) is 11.4 Å². The summed E-state index contributed by atoms with van der Waals surface area (Å²) in [6.45, 7) is 1.98. The zero-order valence-electron chi connectivity index (χ0n) is 12.8. The number of nitrogens with zero attached hydrogens (tertiary/aromatic N) is 1. The summed E-state index contributed by atoms with van der Waals surface area (Å²) in [5, 5.41) is 14.8. The van der Waals surface area contributed by atoms with Gasteiger partial charge in [-0.25, -0.2) is 0 Å². The topological polar surface area (TPSA) is 44.4 Å². The maximum absolute atomic E-state index is 11.2. The smallest absolute Gasteiger partial charge is 0.178 e. The van der Waals surface area contributed by atoms with Crippen LogP contribution in [-0.2, 0) is 5.11 Å². The van der Waals surface area contributed by atoms with Crippen LogP contribution in [0.15, 0.2) is 48.5 Å². The first-order valence-corrected chi connectivity index (χ1v) is 7.68. The van der Waals surface area contributed by atoms with E-state index in [2.05, 4.69) is 16.3 Å². The molecule has 0 aromatic heterocycles. The third kappa shape index (κ3) is 3.27. The Bertz CT molecular complexity index is 605. The molecule has 0 bridgehead atoms.